The molecule has 2 unspecified atom stereocenters. The molecule has 0 saturated heterocycles. The normalized spacial score (nSPS) is 15.9. The zero-order valence-corrected chi connectivity index (χ0v) is 15.9. The highest BCUT2D eigenvalue weighted by Crippen LogP contribution is 2.38. The Balaban J connectivity index is 2.49. The molecular weight excluding hydrogens is 337 g/mol. The van der Waals surface area contributed by atoms with Crippen LogP contribution in [0.4, 0.5) is 4.39 Å². The van der Waals surface area contributed by atoms with Crippen molar-refractivity contribution < 1.29 is 9.50 Å². The Morgan fingerprint density at radius 1 is 1.16 bits per heavy atom. The molecule has 0 radical (unpaired) electrons. The van der Waals surface area contributed by atoms with Crippen LogP contribution in [0, 0.1) is 11.7 Å². The molecular formula is C21H25ClFNO. The van der Waals surface area contributed by atoms with Crippen molar-refractivity contribution >= 4 is 17.7 Å². The molecule has 134 valence electrons. The van der Waals surface area contributed by atoms with E-state index < -0.39 is 5.60 Å². The summed E-state index contributed by atoms with van der Waals surface area (Å²) < 4.78 is 13.4. The monoisotopic (exact) mass is 361 g/mol. The third kappa shape index (κ3) is 4.69. The first-order valence-electron chi connectivity index (χ1n) is 8.31. The largest absolute Gasteiger partial charge is 0.380 e. The number of rotatable bonds is 6. The van der Waals surface area contributed by atoms with E-state index in [4.69, 9.17) is 11.6 Å². The Bertz CT molecular complexity index is 725. The molecule has 0 aromatic heterocycles. The van der Waals surface area contributed by atoms with Gasteiger partial charge in [-0.1, -0.05) is 48.9 Å². The van der Waals surface area contributed by atoms with E-state index in [2.05, 4.69) is 0 Å². The second kappa shape index (κ2) is 8.13. The minimum Gasteiger partial charge on any atom is -0.380 e. The van der Waals surface area contributed by atoms with Gasteiger partial charge >= 0.3 is 0 Å². The third-order valence-corrected chi connectivity index (χ3v) is 4.74. The third-order valence-electron chi connectivity index (χ3n) is 4.49. The van der Waals surface area contributed by atoms with Crippen LogP contribution in [0.3, 0.4) is 0 Å². The van der Waals surface area contributed by atoms with Gasteiger partial charge in [0.15, 0.2) is 0 Å². The van der Waals surface area contributed by atoms with Gasteiger partial charge < -0.3 is 10.0 Å². The van der Waals surface area contributed by atoms with Gasteiger partial charge in [0.05, 0.1) is 0 Å². The summed E-state index contributed by atoms with van der Waals surface area (Å²) in [6.07, 6.45) is 1.95. The maximum absolute atomic E-state index is 13.4. The first kappa shape index (κ1) is 19.6. The quantitative estimate of drug-likeness (QED) is 0.785. The van der Waals surface area contributed by atoms with E-state index in [0.717, 1.165) is 11.1 Å². The van der Waals surface area contributed by atoms with Crippen LogP contribution in [0.15, 0.2) is 54.1 Å². The van der Waals surface area contributed by atoms with Crippen molar-refractivity contribution in [2.45, 2.75) is 19.4 Å². The van der Waals surface area contributed by atoms with Gasteiger partial charge in [-0.15, -0.1) is 0 Å². The van der Waals surface area contributed by atoms with Crippen LogP contribution in [0.5, 0.6) is 0 Å². The average Bonchev–Trinajstić information content (AvgIpc) is 2.56. The number of aliphatic hydroxyl groups is 1. The maximum Gasteiger partial charge on any atom is 0.123 e. The van der Waals surface area contributed by atoms with Crippen molar-refractivity contribution in [2.24, 2.45) is 5.92 Å². The summed E-state index contributed by atoms with van der Waals surface area (Å²) in [6, 6.07) is 13.5. The molecule has 4 heteroatoms. The van der Waals surface area contributed by atoms with Crippen molar-refractivity contribution in [3.63, 3.8) is 0 Å². The highest BCUT2D eigenvalue weighted by Gasteiger charge is 2.37. The van der Waals surface area contributed by atoms with Gasteiger partial charge in [0.25, 0.3) is 0 Å². The van der Waals surface area contributed by atoms with Crippen molar-refractivity contribution in [3.05, 3.63) is 76.1 Å². The maximum atomic E-state index is 13.4. The van der Waals surface area contributed by atoms with Gasteiger partial charge in [0, 0.05) is 17.5 Å². The molecule has 0 saturated carbocycles. The summed E-state index contributed by atoms with van der Waals surface area (Å²) in [7, 11) is 3.94. The summed E-state index contributed by atoms with van der Waals surface area (Å²) >= 11 is 5.95. The lowest BCUT2D eigenvalue weighted by Gasteiger charge is -2.37. The number of hydrogen-bond donors (Lipinski definition) is 1. The predicted octanol–water partition coefficient (Wildman–Crippen LogP) is 4.97. The van der Waals surface area contributed by atoms with Gasteiger partial charge in [0.2, 0.25) is 0 Å². The minimum absolute atomic E-state index is 0.0866. The van der Waals surface area contributed by atoms with E-state index in [-0.39, 0.29) is 11.7 Å². The molecule has 2 atom stereocenters. The molecule has 0 amide bonds. The topological polar surface area (TPSA) is 23.5 Å². The summed E-state index contributed by atoms with van der Waals surface area (Å²) in [6.45, 7) is 4.60. The van der Waals surface area contributed by atoms with E-state index in [1.54, 1.807) is 12.1 Å². The molecule has 0 spiro atoms. The van der Waals surface area contributed by atoms with Crippen LogP contribution < -0.4 is 0 Å². The smallest absolute Gasteiger partial charge is 0.123 e. The lowest BCUT2D eigenvalue weighted by atomic mass is 9.76. The fourth-order valence-electron chi connectivity index (χ4n) is 3.20. The zero-order valence-electron chi connectivity index (χ0n) is 15.1. The highest BCUT2D eigenvalue weighted by atomic mass is 35.5. The highest BCUT2D eigenvalue weighted by molar-refractivity contribution is 6.30. The Hall–Kier alpha value is -1.68. The molecule has 2 rings (SSSR count). The standard InChI is InChI=1S/C21H25ClFNO/c1-15(13-17-5-9-19(22)10-6-17)21(25,16(2)14-24(3)4)18-7-11-20(23)12-8-18/h5-13,16,25H,14H2,1-4H3/b15-13+. The first-order valence-corrected chi connectivity index (χ1v) is 8.68. The van der Waals surface area contributed by atoms with Gasteiger partial charge in [-0.05, 0) is 62.0 Å². The van der Waals surface area contributed by atoms with E-state index in [1.807, 2.05) is 63.2 Å². The molecule has 2 nitrogen and oxygen atoms in total. The molecule has 0 aliphatic rings. The van der Waals surface area contributed by atoms with Crippen molar-refractivity contribution in [3.8, 4) is 0 Å². The number of benzene rings is 2. The molecule has 0 fully saturated rings. The fraction of sp³-hybridized carbons (Fsp3) is 0.333. The van der Waals surface area contributed by atoms with E-state index in [9.17, 15) is 9.50 Å². The van der Waals surface area contributed by atoms with Gasteiger partial charge in [-0.2, -0.15) is 0 Å². The van der Waals surface area contributed by atoms with E-state index in [1.165, 1.54) is 12.1 Å². The SMILES string of the molecule is C/C(=C\c1ccc(Cl)cc1)C(O)(c1ccc(F)cc1)C(C)CN(C)C. The minimum atomic E-state index is -1.20. The molecule has 2 aromatic carbocycles. The number of halogens is 2. The summed E-state index contributed by atoms with van der Waals surface area (Å²) in [5, 5.41) is 12.3. The Morgan fingerprint density at radius 2 is 1.72 bits per heavy atom. The lowest BCUT2D eigenvalue weighted by Crippen LogP contribution is -2.40. The molecule has 25 heavy (non-hydrogen) atoms. The van der Waals surface area contributed by atoms with Gasteiger partial charge in [0.1, 0.15) is 11.4 Å². The zero-order chi connectivity index (χ0) is 18.6. The van der Waals surface area contributed by atoms with Crippen LogP contribution in [-0.2, 0) is 5.60 Å². The number of hydrogen-bond acceptors (Lipinski definition) is 2. The van der Waals surface area contributed by atoms with Crippen molar-refractivity contribution in [1.82, 2.24) is 4.90 Å². The van der Waals surface area contributed by atoms with E-state index >= 15 is 0 Å². The Labute approximate surface area is 154 Å². The summed E-state index contributed by atoms with van der Waals surface area (Å²) in [5.41, 5.74) is 1.25. The van der Waals surface area contributed by atoms with Crippen molar-refractivity contribution in [1.29, 1.82) is 0 Å². The molecule has 0 bridgehead atoms. The Kier molecular flexibility index (Phi) is 6.39. The van der Waals surface area contributed by atoms with E-state index in [0.29, 0.717) is 17.1 Å². The molecule has 0 aliphatic carbocycles. The molecule has 1 N–H and O–H groups in total. The first-order chi connectivity index (χ1) is 11.7. The van der Waals surface area contributed by atoms with Crippen LogP contribution >= 0.6 is 11.6 Å². The van der Waals surface area contributed by atoms with Crippen molar-refractivity contribution in [2.75, 3.05) is 20.6 Å². The predicted molar refractivity (Wildman–Crippen MR) is 103 cm³/mol. The molecule has 0 heterocycles. The average molecular weight is 362 g/mol. The molecule has 0 aliphatic heterocycles. The van der Waals surface area contributed by atoms with Crippen LogP contribution in [0.2, 0.25) is 5.02 Å². The van der Waals surface area contributed by atoms with Crippen LogP contribution in [0.1, 0.15) is 25.0 Å². The van der Waals surface area contributed by atoms with Gasteiger partial charge in [-0.3, -0.25) is 0 Å². The Morgan fingerprint density at radius 3 is 2.24 bits per heavy atom. The van der Waals surface area contributed by atoms with Crippen LogP contribution in [-0.4, -0.2) is 30.6 Å². The fourth-order valence-corrected chi connectivity index (χ4v) is 3.33. The molecule has 2 aromatic rings. The number of nitrogens with zero attached hydrogens (tertiary/aromatic N) is 1. The lowest BCUT2D eigenvalue weighted by molar-refractivity contribution is 0.0105. The second-order valence-electron chi connectivity index (χ2n) is 6.82. The summed E-state index contributed by atoms with van der Waals surface area (Å²) in [5.74, 6) is -0.401. The van der Waals surface area contributed by atoms with Gasteiger partial charge in [-0.25, -0.2) is 4.39 Å². The summed E-state index contributed by atoms with van der Waals surface area (Å²) in [4.78, 5) is 2.04. The second-order valence-corrected chi connectivity index (χ2v) is 7.25. The van der Waals surface area contributed by atoms with Crippen LogP contribution in [0.25, 0.3) is 6.08 Å².